The van der Waals surface area contributed by atoms with Crippen molar-refractivity contribution < 1.29 is 54.7 Å². The second-order valence-electron chi connectivity index (χ2n) is 7.58. The maximum atomic E-state index is 10.2. The van der Waals surface area contributed by atoms with E-state index in [0.717, 1.165) is 12.8 Å². The van der Waals surface area contributed by atoms with Crippen LogP contribution in [0.15, 0.2) is 12.7 Å². The van der Waals surface area contributed by atoms with Crippen LogP contribution < -0.4 is 0 Å². The zero-order valence-electron chi connectivity index (χ0n) is 16.8. The summed E-state index contributed by atoms with van der Waals surface area (Å²) < 4.78 is 21.7. The number of aliphatic hydroxyl groups excluding tert-OH is 7. The van der Waals surface area contributed by atoms with Crippen LogP contribution >= 0.6 is 0 Å². The lowest BCUT2D eigenvalue weighted by Crippen LogP contribution is -2.60. The fourth-order valence-corrected chi connectivity index (χ4v) is 3.33. The van der Waals surface area contributed by atoms with Crippen LogP contribution in [-0.2, 0) is 18.9 Å². The molecule has 7 N–H and O–H groups in total. The Balaban J connectivity index is 1.90. The van der Waals surface area contributed by atoms with E-state index >= 15 is 0 Å². The summed E-state index contributed by atoms with van der Waals surface area (Å²) in [6.07, 6.45) is -8.60. The molecule has 2 fully saturated rings. The number of hydrogen-bond acceptors (Lipinski definition) is 11. The normalized spacial score (nSPS) is 40.8. The lowest BCUT2D eigenvalue weighted by molar-refractivity contribution is -0.325. The minimum Gasteiger partial charge on any atom is -0.396 e. The highest BCUT2D eigenvalue weighted by atomic mass is 16.7. The monoisotopic (exact) mass is 438 g/mol. The van der Waals surface area contributed by atoms with Crippen molar-refractivity contribution in [2.75, 3.05) is 19.8 Å². The van der Waals surface area contributed by atoms with Gasteiger partial charge < -0.3 is 54.7 Å². The molecule has 0 amide bonds. The zero-order valence-corrected chi connectivity index (χ0v) is 16.8. The predicted octanol–water partition coefficient (Wildman–Crippen LogP) is -2.63. The Kier molecular flexibility index (Phi) is 10.5. The lowest BCUT2D eigenvalue weighted by atomic mass is 9.99. The summed E-state index contributed by atoms with van der Waals surface area (Å²) in [6.45, 7) is 3.20. The van der Waals surface area contributed by atoms with Crippen LogP contribution in [0.5, 0.6) is 0 Å². The highest BCUT2D eigenvalue weighted by molar-refractivity contribution is 4.91. The highest BCUT2D eigenvalue weighted by Gasteiger charge is 2.46. The van der Waals surface area contributed by atoms with Crippen molar-refractivity contribution in [1.29, 1.82) is 0 Å². The SMILES string of the molecule is C=C[C@@H](CCCCCO)O[C@@H]1O[C@H](CO[C@@H]2OC[C@@H](O)[C@H](O)[C@H]2O)[C@@H](O)[C@H](O)[C@H]1O. The molecule has 0 spiro atoms. The molecule has 10 atom stereocenters. The number of aliphatic hydroxyl groups is 7. The molecular formula is C19H34O11. The van der Waals surface area contributed by atoms with Gasteiger partial charge in [0.1, 0.15) is 42.7 Å². The number of ether oxygens (including phenoxy) is 4. The van der Waals surface area contributed by atoms with Crippen LogP contribution in [0.4, 0.5) is 0 Å². The fraction of sp³-hybridized carbons (Fsp3) is 0.895. The molecule has 0 aromatic rings. The Morgan fingerprint density at radius 2 is 1.60 bits per heavy atom. The zero-order chi connectivity index (χ0) is 22.3. The smallest absolute Gasteiger partial charge is 0.187 e. The van der Waals surface area contributed by atoms with Crippen LogP contribution in [0, 0.1) is 0 Å². The van der Waals surface area contributed by atoms with Crippen molar-refractivity contribution in [3.05, 3.63) is 12.7 Å². The summed E-state index contributed by atoms with van der Waals surface area (Å²) in [5.74, 6) is 0. The average molecular weight is 438 g/mol. The molecule has 0 aliphatic carbocycles. The molecule has 0 aromatic heterocycles. The highest BCUT2D eigenvalue weighted by Crippen LogP contribution is 2.26. The summed E-state index contributed by atoms with van der Waals surface area (Å²) in [6, 6.07) is 0. The number of hydrogen-bond donors (Lipinski definition) is 7. The molecule has 176 valence electrons. The Morgan fingerprint density at radius 1 is 0.900 bits per heavy atom. The lowest BCUT2D eigenvalue weighted by Gasteiger charge is -2.42. The van der Waals surface area contributed by atoms with E-state index in [1.54, 1.807) is 0 Å². The van der Waals surface area contributed by atoms with Crippen LogP contribution in [0.3, 0.4) is 0 Å². The quantitative estimate of drug-likeness (QED) is 0.133. The first-order chi connectivity index (χ1) is 14.3. The first-order valence-corrected chi connectivity index (χ1v) is 10.2. The minimum atomic E-state index is -1.57. The van der Waals surface area contributed by atoms with Crippen molar-refractivity contribution >= 4 is 0 Å². The summed E-state index contributed by atoms with van der Waals surface area (Å²) >= 11 is 0. The van der Waals surface area contributed by atoms with Gasteiger partial charge in [-0.05, 0) is 12.8 Å². The molecule has 2 heterocycles. The van der Waals surface area contributed by atoms with Crippen LogP contribution in [-0.4, -0.2) is 117 Å². The van der Waals surface area contributed by atoms with E-state index < -0.39 is 61.4 Å². The number of rotatable bonds is 11. The number of unbranched alkanes of at least 4 members (excludes halogenated alkanes) is 2. The summed E-state index contributed by atoms with van der Waals surface area (Å²) in [5, 5.41) is 68.5. The molecule has 2 saturated heterocycles. The van der Waals surface area contributed by atoms with Gasteiger partial charge in [-0.15, -0.1) is 6.58 Å². The van der Waals surface area contributed by atoms with Gasteiger partial charge >= 0.3 is 0 Å². The van der Waals surface area contributed by atoms with E-state index in [2.05, 4.69) is 6.58 Å². The van der Waals surface area contributed by atoms with E-state index in [0.29, 0.717) is 12.8 Å². The first-order valence-electron chi connectivity index (χ1n) is 10.2. The standard InChI is InChI=1S/C19H34O11/c1-2-10(6-4-3-5-7-20)29-19-17(26)15(24)14(23)12(30-19)9-28-18-16(25)13(22)11(21)8-27-18/h2,10-26H,1,3-9H2/t10-,11+,12+,13-,14+,15-,16+,17+,18-,19+/m0/s1. The van der Waals surface area contributed by atoms with Gasteiger partial charge in [-0.3, -0.25) is 0 Å². The molecule has 0 aromatic carbocycles. The molecule has 30 heavy (non-hydrogen) atoms. The van der Waals surface area contributed by atoms with Gasteiger partial charge in [0.05, 0.1) is 19.3 Å². The minimum absolute atomic E-state index is 0.102. The molecule has 2 aliphatic heterocycles. The second-order valence-corrected chi connectivity index (χ2v) is 7.58. The summed E-state index contributed by atoms with van der Waals surface area (Å²) in [7, 11) is 0. The third-order valence-electron chi connectivity index (χ3n) is 5.27. The largest absolute Gasteiger partial charge is 0.396 e. The van der Waals surface area contributed by atoms with E-state index in [4.69, 9.17) is 24.1 Å². The van der Waals surface area contributed by atoms with E-state index in [9.17, 15) is 30.6 Å². The van der Waals surface area contributed by atoms with Crippen LogP contribution in [0.1, 0.15) is 25.7 Å². The van der Waals surface area contributed by atoms with Gasteiger partial charge in [0.15, 0.2) is 12.6 Å². The van der Waals surface area contributed by atoms with Gasteiger partial charge in [0.2, 0.25) is 0 Å². The molecule has 0 bridgehead atoms. The Morgan fingerprint density at radius 3 is 2.27 bits per heavy atom. The van der Waals surface area contributed by atoms with Crippen LogP contribution in [0.25, 0.3) is 0 Å². The molecular weight excluding hydrogens is 404 g/mol. The maximum absolute atomic E-state index is 10.2. The third-order valence-corrected chi connectivity index (χ3v) is 5.27. The Bertz CT molecular complexity index is 507. The predicted molar refractivity (Wildman–Crippen MR) is 101 cm³/mol. The Hall–Kier alpha value is -0.700. The van der Waals surface area contributed by atoms with Crippen molar-refractivity contribution in [1.82, 2.24) is 0 Å². The first kappa shape index (κ1) is 25.6. The molecule has 0 radical (unpaired) electrons. The van der Waals surface area contributed by atoms with E-state index in [-0.39, 0.29) is 19.8 Å². The summed E-state index contributed by atoms with van der Waals surface area (Å²) in [5.41, 5.74) is 0. The molecule has 11 heteroatoms. The Labute approximate surface area is 175 Å². The van der Waals surface area contributed by atoms with Crippen molar-refractivity contribution in [3.8, 4) is 0 Å². The fourth-order valence-electron chi connectivity index (χ4n) is 3.33. The van der Waals surface area contributed by atoms with Crippen molar-refractivity contribution in [2.24, 2.45) is 0 Å². The van der Waals surface area contributed by atoms with Gasteiger partial charge in [-0.2, -0.15) is 0 Å². The van der Waals surface area contributed by atoms with Gasteiger partial charge in [0.25, 0.3) is 0 Å². The molecule has 11 nitrogen and oxygen atoms in total. The van der Waals surface area contributed by atoms with Crippen LogP contribution in [0.2, 0.25) is 0 Å². The van der Waals surface area contributed by atoms with Gasteiger partial charge in [0, 0.05) is 6.61 Å². The molecule has 0 saturated carbocycles. The second kappa shape index (κ2) is 12.4. The summed E-state index contributed by atoms with van der Waals surface area (Å²) in [4.78, 5) is 0. The molecule has 2 rings (SSSR count). The topological polar surface area (TPSA) is 179 Å². The maximum Gasteiger partial charge on any atom is 0.187 e. The van der Waals surface area contributed by atoms with Crippen molar-refractivity contribution in [3.63, 3.8) is 0 Å². The van der Waals surface area contributed by atoms with Crippen molar-refractivity contribution in [2.45, 2.75) is 87.1 Å². The van der Waals surface area contributed by atoms with E-state index in [1.807, 2.05) is 0 Å². The van der Waals surface area contributed by atoms with E-state index in [1.165, 1.54) is 6.08 Å². The average Bonchev–Trinajstić information content (AvgIpc) is 2.74. The molecule has 0 unspecified atom stereocenters. The third kappa shape index (κ3) is 6.65. The molecule has 2 aliphatic rings. The van der Waals surface area contributed by atoms with Gasteiger partial charge in [-0.25, -0.2) is 0 Å². The van der Waals surface area contributed by atoms with Gasteiger partial charge in [-0.1, -0.05) is 18.9 Å².